The van der Waals surface area contributed by atoms with E-state index in [9.17, 15) is 4.79 Å². The molecule has 0 bridgehead atoms. The third-order valence-electron chi connectivity index (χ3n) is 4.93. The van der Waals surface area contributed by atoms with Gasteiger partial charge in [0.25, 0.3) is 5.91 Å². The van der Waals surface area contributed by atoms with Gasteiger partial charge < -0.3 is 16.4 Å². The van der Waals surface area contributed by atoms with Crippen molar-refractivity contribution in [1.29, 1.82) is 0 Å². The number of nitrogens with one attached hydrogen (secondary N) is 2. The lowest BCUT2D eigenvalue weighted by Gasteiger charge is -2.29. The quantitative estimate of drug-likeness (QED) is 0.708. The van der Waals surface area contributed by atoms with Crippen LogP contribution in [0.1, 0.15) is 48.9 Å². The number of amides is 1. The number of carbonyl (C=O) groups is 1. The summed E-state index contributed by atoms with van der Waals surface area (Å²) in [4.78, 5) is 16.8. The van der Waals surface area contributed by atoms with Crippen molar-refractivity contribution in [1.82, 2.24) is 10.6 Å². The molecule has 1 amide bonds. The number of hydrogen-bond donors (Lipinski definition) is 3. The fourth-order valence-corrected chi connectivity index (χ4v) is 3.79. The van der Waals surface area contributed by atoms with Crippen molar-refractivity contribution >= 4 is 34.9 Å². The van der Waals surface area contributed by atoms with Crippen molar-refractivity contribution in [2.24, 2.45) is 16.6 Å². The van der Waals surface area contributed by atoms with Gasteiger partial charge in [0.15, 0.2) is 0 Å². The molecule has 0 spiro atoms. The number of benzene rings is 1. The molecule has 2 aliphatic rings. The SMILES string of the molecule is NC1=NC(NCC2CCC(NC(=O)c3cc(Cl)ccc3Cl)CC2)=CCC1. The number of allylic oxidation sites excluding steroid dienone is 1. The Balaban J connectivity index is 1.44. The average Bonchev–Trinajstić information content (AvgIpc) is 2.63. The summed E-state index contributed by atoms with van der Waals surface area (Å²) in [5.41, 5.74) is 6.21. The first-order valence-corrected chi connectivity index (χ1v) is 9.80. The first kappa shape index (κ1) is 19.1. The molecule has 5 nitrogen and oxygen atoms in total. The van der Waals surface area contributed by atoms with Gasteiger partial charge in [-0.1, -0.05) is 23.2 Å². The molecule has 1 aromatic carbocycles. The maximum absolute atomic E-state index is 12.4. The highest BCUT2D eigenvalue weighted by Gasteiger charge is 2.23. The topological polar surface area (TPSA) is 79.5 Å². The van der Waals surface area contributed by atoms with Gasteiger partial charge in [-0.2, -0.15) is 0 Å². The Bertz CT molecular complexity index is 724. The standard InChI is InChI=1S/C19H24Cl2N4O/c20-13-6-9-16(21)15(10-13)19(26)24-14-7-4-12(5-8-14)11-23-18-3-1-2-17(22)25-18/h3,6,9-10,12,14,23H,1-2,4-5,7-8,11H2,(H2,22,25)(H,24,26). The molecule has 0 radical (unpaired) electrons. The minimum atomic E-state index is -0.156. The Morgan fingerprint density at radius 1 is 1.23 bits per heavy atom. The number of rotatable bonds is 5. The highest BCUT2D eigenvalue weighted by Crippen LogP contribution is 2.26. The molecule has 0 aromatic heterocycles. The summed E-state index contributed by atoms with van der Waals surface area (Å²) in [7, 11) is 0. The first-order chi connectivity index (χ1) is 12.5. The number of nitrogens with zero attached hydrogens (tertiary/aromatic N) is 1. The van der Waals surface area contributed by atoms with E-state index in [-0.39, 0.29) is 11.9 Å². The van der Waals surface area contributed by atoms with Crippen molar-refractivity contribution in [3.8, 4) is 0 Å². The molecular formula is C19H24Cl2N4O. The van der Waals surface area contributed by atoms with E-state index < -0.39 is 0 Å². The molecular weight excluding hydrogens is 371 g/mol. The van der Waals surface area contributed by atoms with E-state index >= 15 is 0 Å². The van der Waals surface area contributed by atoms with E-state index in [0.29, 0.717) is 27.4 Å². The van der Waals surface area contributed by atoms with Crippen molar-refractivity contribution in [3.63, 3.8) is 0 Å². The second-order valence-electron chi connectivity index (χ2n) is 6.93. The molecule has 0 atom stereocenters. The zero-order valence-electron chi connectivity index (χ0n) is 14.6. The Labute approximate surface area is 164 Å². The second kappa shape index (κ2) is 8.78. The monoisotopic (exact) mass is 394 g/mol. The fraction of sp³-hybridized carbons (Fsp3) is 0.474. The van der Waals surface area contributed by atoms with Crippen LogP contribution in [-0.2, 0) is 0 Å². The number of nitrogens with two attached hydrogens (primary N) is 1. The van der Waals surface area contributed by atoms with Crippen LogP contribution in [0.3, 0.4) is 0 Å². The molecule has 4 N–H and O–H groups in total. The highest BCUT2D eigenvalue weighted by atomic mass is 35.5. The maximum Gasteiger partial charge on any atom is 0.253 e. The van der Waals surface area contributed by atoms with Crippen molar-refractivity contribution < 1.29 is 4.79 Å². The van der Waals surface area contributed by atoms with Gasteiger partial charge in [0.05, 0.1) is 10.6 Å². The lowest BCUT2D eigenvalue weighted by atomic mass is 9.86. The number of hydrogen-bond acceptors (Lipinski definition) is 4. The van der Waals surface area contributed by atoms with Crippen LogP contribution in [0.15, 0.2) is 35.1 Å². The Kier molecular flexibility index (Phi) is 6.43. The van der Waals surface area contributed by atoms with E-state index in [0.717, 1.165) is 50.9 Å². The summed E-state index contributed by atoms with van der Waals surface area (Å²) in [6, 6.07) is 5.12. The zero-order chi connectivity index (χ0) is 18.5. The number of carbonyl (C=O) groups excluding carboxylic acids is 1. The fourth-order valence-electron chi connectivity index (χ4n) is 3.42. The molecule has 1 saturated carbocycles. The molecule has 1 aliphatic carbocycles. The van der Waals surface area contributed by atoms with Crippen LogP contribution in [0, 0.1) is 5.92 Å². The maximum atomic E-state index is 12.4. The lowest BCUT2D eigenvalue weighted by Crippen LogP contribution is -2.39. The molecule has 0 unspecified atom stereocenters. The highest BCUT2D eigenvalue weighted by molar-refractivity contribution is 6.35. The van der Waals surface area contributed by atoms with Crippen molar-refractivity contribution in [2.75, 3.05) is 6.54 Å². The molecule has 140 valence electrons. The minimum Gasteiger partial charge on any atom is -0.387 e. The molecule has 0 saturated heterocycles. The molecule has 1 aromatic rings. The first-order valence-electron chi connectivity index (χ1n) is 9.04. The molecule has 1 fully saturated rings. The van der Waals surface area contributed by atoms with Gasteiger partial charge in [-0.25, -0.2) is 4.99 Å². The van der Waals surface area contributed by atoms with Crippen LogP contribution in [0.25, 0.3) is 0 Å². The van der Waals surface area contributed by atoms with Gasteiger partial charge in [0.1, 0.15) is 11.7 Å². The van der Waals surface area contributed by atoms with Gasteiger partial charge in [0.2, 0.25) is 0 Å². The van der Waals surface area contributed by atoms with Gasteiger partial charge in [-0.05, 0) is 62.3 Å². The zero-order valence-corrected chi connectivity index (χ0v) is 16.1. The van der Waals surface area contributed by atoms with E-state index in [4.69, 9.17) is 28.9 Å². The predicted octanol–water partition coefficient (Wildman–Crippen LogP) is 3.86. The number of halogens is 2. The van der Waals surface area contributed by atoms with Crippen LogP contribution in [0.4, 0.5) is 0 Å². The number of amidine groups is 1. The van der Waals surface area contributed by atoms with Crippen molar-refractivity contribution in [3.05, 3.63) is 45.7 Å². The Hall–Kier alpha value is -1.72. The third-order valence-corrected chi connectivity index (χ3v) is 5.49. The largest absolute Gasteiger partial charge is 0.387 e. The van der Waals surface area contributed by atoms with E-state index in [1.807, 2.05) is 0 Å². The average molecular weight is 395 g/mol. The summed E-state index contributed by atoms with van der Waals surface area (Å²) in [5.74, 6) is 2.01. The summed E-state index contributed by atoms with van der Waals surface area (Å²) in [5, 5.41) is 7.40. The van der Waals surface area contributed by atoms with Gasteiger partial charge in [0, 0.05) is 24.0 Å². The molecule has 1 aliphatic heterocycles. The van der Waals surface area contributed by atoms with Crippen LogP contribution in [-0.4, -0.2) is 24.3 Å². The normalized spacial score (nSPS) is 23.0. The van der Waals surface area contributed by atoms with Crippen molar-refractivity contribution in [2.45, 2.75) is 44.6 Å². The summed E-state index contributed by atoms with van der Waals surface area (Å²) >= 11 is 12.1. The Morgan fingerprint density at radius 2 is 2.00 bits per heavy atom. The summed E-state index contributed by atoms with van der Waals surface area (Å²) in [6.45, 7) is 0.892. The molecule has 26 heavy (non-hydrogen) atoms. The van der Waals surface area contributed by atoms with Crippen LogP contribution >= 0.6 is 23.2 Å². The predicted molar refractivity (Wildman–Crippen MR) is 107 cm³/mol. The number of aliphatic imine (C=N–C) groups is 1. The third kappa shape index (κ3) is 5.15. The van der Waals surface area contributed by atoms with E-state index in [1.54, 1.807) is 18.2 Å². The summed E-state index contributed by atoms with van der Waals surface area (Å²) < 4.78 is 0. The smallest absolute Gasteiger partial charge is 0.253 e. The van der Waals surface area contributed by atoms with E-state index in [2.05, 4.69) is 21.7 Å². The van der Waals surface area contributed by atoms with Gasteiger partial charge in [-0.15, -0.1) is 0 Å². The molecule has 7 heteroatoms. The lowest BCUT2D eigenvalue weighted by molar-refractivity contribution is 0.0922. The van der Waals surface area contributed by atoms with Crippen LogP contribution in [0.5, 0.6) is 0 Å². The van der Waals surface area contributed by atoms with E-state index in [1.165, 1.54) is 0 Å². The molecule has 3 rings (SSSR count). The molecule has 1 heterocycles. The second-order valence-corrected chi connectivity index (χ2v) is 7.77. The Morgan fingerprint density at radius 3 is 2.73 bits per heavy atom. The minimum absolute atomic E-state index is 0.156. The summed E-state index contributed by atoms with van der Waals surface area (Å²) in [6.07, 6.45) is 7.93. The van der Waals surface area contributed by atoms with Crippen LogP contribution in [0.2, 0.25) is 10.0 Å². The van der Waals surface area contributed by atoms with Gasteiger partial charge >= 0.3 is 0 Å². The van der Waals surface area contributed by atoms with Crippen LogP contribution < -0.4 is 16.4 Å². The van der Waals surface area contributed by atoms with Gasteiger partial charge in [-0.3, -0.25) is 4.79 Å².